The lowest BCUT2D eigenvalue weighted by atomic mass is 10.1. The highest BCUT2D eigenvalue weighted by molar-refractivity contribution is 5.78. The lowest BCUT2D eigenvalue weighted by molar-refractivity contribution is 0.825. The Kier molecular flexibility index (Phi) is 2.54. The first-order valence-electron chi connectivity index (χ1n) is 5.50. The summed E-state index contributed by atoms with van der Waals surface area (Å²) in [6, 6.07) is 3.61. The predicted octanol–water partition coefficient (Wildman–Crippen LogP) is 2.66. The van der Waals surface area contributed by atoms with Gasteiger partial charge in [0.05, 0.1) is 5.39 Å². The highest BCUT2D eigenvalue weighted by Gasteiger charge is 2.08. The van der Waals surface area contributed by atoms with Gasteiger partial charge in [0, 0.05) is 17.5 Å². The lowest BCUT2D eigenvalue weighted by Gasteiger charge is -2.08. The van der Waals surface area contributed by atoms with Crippen molar-refractivity contribution in [3.05, 3.63) is 39.3 Å². The standard InChI is InChI=1S/C13H16N2O/c1-7(2)10-6-11(16)12-8(3)5-9(4)14-13(12)15-10/h5-7H,1-4H3,(H,14,15,16). The van der Waals surface area contributed by atoms with Gasteiger partial charge >= 0.3 is 0 Å². The zero-order valence-corrected chi connectivity index (χ0v) is 10.1. The Hall–Kier alpha value is -1.64. The van der Waals surface area contributed by atoms with E-state index < -0.39 is 0 Å². The maximum absolute atomic E-state index is 12.0. The summed E-state index contributed by atoms with van der Waals surface area (Å²) in [4.78, 5) is 19.6. The summed E-state index contributed by atoms with van der Waals surface area (Å²) in [5.74, 6) is 0.305. The molecule has 0 aliphatic rings. The van der Waals surface area contributed by atoms with E-state index in [1.807, 2.05) is 19.9 Å². The van der Waals surface area contributed by atoms with Crippen LogP contribution < -0.4 is 5.43 Å². The van der Waals surface area contributed by atoms with E-state index in [-0.39, 0.29) is 5.43 Å². The van der Waals surface area contributed by atoms with Crippen molar-refractivity contribution >= 4 is 11.0 Å². The van der Waals surface area contributed by atoms with Crippen LogP contribution in [0.5, 0.6) is 0 Å². The lowest BCUT2D eigenvalue weighted by Crippen LogP contribution is -2.09. The van der Waals surface area contributed by atoms with Gasteiger partial charge in [0.1, 0.15) is 5.65 Å². The normalized spacial score (nSPS) is 11.3. The maximum atomic E-state index is 12.0. The molecule has 0 spiro atoms. The molecule has 0 aliphatic heterocycles. The molecule has 3 heteroatoms. The second kappa shape index (κ2) is 3.74. The van der Waals surface area contributed by atoms with E-state index in [2.05, 4.69) is 23.8 Å². The van der Waals surface area contributed by atoms with Crippen LogP contribution in [0.15, 0.2) is 16.9 Å². The van der Waals surface area contributed by atoms with Crippen LogP contribution in [0.3, 0.4) is 0 Å². The molecule has 2 aromatic heterocycles. The Morgan fingerprint density at radius 3 is 2.56 bits per heavy atom. The highest BCUT2D eigenvalue weighted by atomic mass is 16.1. The van der Waals surface area contributed by atoms with Crippen LogP contribution in [0.1, 0.15) is 36.7 Å². The number of H-pyrrole nitrogens is 1. The molecular weight excluding hydrogens is 200 g/mol. The van der Waals surface area contributed by atoms with Gasteiger partial charge in [-0.25, -0.2) is 4.98 Å². The molecule has 0 aromatic carbocycles. The number of pyridine rings is 2. The number of hydrogen-bond acceptors (Lipinski definition) is 2. The van der Waals surface area contributed by atoms with Crippen molar-refractivity contribution in [3.63, 3.8) is 0 Å². The van der Waals surface area contributed by atoms with Crippen molar-refractivity contribution in [2.24, 2.45) is 0 Å². The van der Waals surface area contributed by atoms with Crippen LogP contribution in [-0.2, 0) is 0 Å². The number of aryl methyl sites for hydroxylation is 2. The van der Waals surface area contributed by atoms with Gasteiger partial charge in [-0.1, -0.05) is 13.8 Å². The number of rotatable bonds is 1. The topological polar surface area (TPSA) is 45.8 Å². The summed E-state index contributed by atoms with van der Waals surface area (Å²) in [5, 5.41) is 0.704. The minimum absolute atomic E-state index is 0.0578. The fourth-order valence-corrected chi connectivity index (χ4v) is 1.94. The first kappa shape index (κ1) is 10.9. The van der Waals surface area contributed by atoms with E-state index in [4.69, 9.17) is 0 Å². The van der Waals surface area contributed by atoms with Gasteiger partial charge in [-0.05, 0) is 31.4 Å². The second-order valence-corrected chi connectivity index (χ2v) is 4.55. The maximum Gasteiger partial charge on any atom is 0.191 e. The van der Waals surface area contributed by atoms with Crippen molar-refractivity contribution in [2.45, 2.75) is 33.6 Å². The second-order valence-electron chi connectivity index (χ2n) is 4.55. The molecule has 0 unspecified atom stereocenters. The SMILES string of the molecule is Cc1cc(C)c2c(=O)cc(C(C)C)[nH]c2n1. The van der Waals surface area contributed by atoms with Crippen molar-refractivity contribution < 1.29 is 0 Å². The summed E-state index contributed by atoms with van der Waals surface area (Å²) < 4.78 is 0. The molecule has 2 heterocycles. The predicted molar refractivity (Wildman–Crippen MR) is 65.9 cm³/mol. The summed E-state index contributed by atoms with van der Waals surface area (Å²) in [6.45, 7) is 7.99. The van der Waals surface area contributed by atoms with Gasteiger partial charge in [0.15, 0.2) is 5.43 Å². The first-order chi connectivity index (χ1) is 7.49. The molecule has 0 amide bonds. The van der Waals surface area contributed by atoms with Crippen molar-refractivity contribution in [2.75, 3.05) is 0 Å². The molecule has 0 saturated carbocycles. The molecule has 2 rings (SSSR count). The fourth-order valence-electron chi connectivity index (χ4n) is 1.94. The van der Waals surface area contributed by atoms with Crippen LogP contribution >= 0.6 is 0 Å². The third-order valence-corrected chi connectivity index (χ3v) is 2.76. The third-order valence-electron chi connectivity index (χ3n) is 2.76. The van der Waals surface area contributed by atoms with Crippen LogP contribution in [0.25, 0.3) is 11.0 Å². The first-order valence-corrected chi connectivity index (χ1v) is 5.50. The van der Waals surface area contributed by atoms with Crippen molar-refractivity contribution in [1.29, 1.82) is 0 Å². The zero-order chi connectivity index (χ0) is 11.9. The van der Waals surface area contributed by atoms with E-state index in [0.29, 0.717) is 17.0 Å². The summed E-state index contributed by atoms with van der Waals surface area (Å²) in [7, 11) is 0. The molecule has 0 aliphatic carbocycles. The molecule has 0 fully saturated rings. The molecule has 0 bridgehead atoms. The van der Waals surface area contributed by atoms with E-state index in [9.17, 15) is 4.79 Å². The number of hydrogen-bond donors (Lipinski definition) is 1. The molecule has 1 N–H and O–H groups in total. The molecule has 0 radical (unpaired) electrons. The number of aromatic nitrogens is 2. The zero-order valence-electron chi connectivity index (χ0n) is 10.1. The Morgan fingerprint density at radius 2 is 1.94 bits per heavy atom. The van der Waals surface area contributed by atoms with E-state index >= 15 is 0 Å². The molecule has 0 atom stereocenters. The van der Waals surface area contributed by atoms with Gasteiger partial charge in [-0.15, -0.1) is 0 Å². The number of nitrogens with one attached hydrogen (secondary N) is 1. The summed E-state index contributed by atoms with van der Waals surface area (Å²) in [5.41, 5.74) is 3.62. The van der Waals surface area contributed by atoms with Gasteiger partial charge < -0.3 is 4.98 Å². The quantitative estimate of drug-likeness (QED) is 0.796. The van der Waals surface area contributed by atoms with Gasteiger partial charge in [-0.2, -0.15) is 0 Å². The van der Waals surface area contributed by atoms with Crippen molar-refractivity contribution in [3.8, 4) is 0 Å². The molecule has 2 aromatic rings. The van der Waals surface area contributed by atoms with Crippen molar-refractivity contribution in [1.82, 2.24) is 9.97 Å². The number of nitrogens with zero attached hydrogens (tertiary/aromatic N) is 1. The molecular formula is C13H16N2O. The molecule has 0 saturated heterocycles. The number of fused-ring (bicyclic) bond motifs is 1. The Labute approximate surface area is 94.5 Å². The van der Waals surface area contributed by atoms with E-state index in [1.165, 1.54) is 0 Å². The monoisotopic (exact) mass is 216 g/mol. The van der Waals surface area contributed by atoms with E-state index in [0.717, 1.165) is 17.0 Å². The smallest absolute Gasteiger partial charge is 0.191 e. The van der Waals surface area contributed by atoms with E-state index in [1.54, 1.807) is 6.07 Å². The summed E-state index contributed by atoms with van der Waals surface area (Å²) >= 11 is 0. The average Bonchev–Trinajstić information content (AvgIpc) is 2.15. The molecule has 3 nitrogen and oxygen atoms in total. The Bertz CT molecular complexity index is 597. The molecule has 16 heavy (non-hydrogen) atoms. The number of aromatic amines is 1. The van der Waals surface area contributed by atoms with Crippen LogP contribution in [0.2, 0.25) is 0 Å². The highest BCUT2D eigenvalue weighted by Crippen LogP contribution is 2.16. The summed E-state index contributed by atoms with van der Waals surface area (Å²) in [6.07, 6.45) is 0. The molecule has 84 valence electrons. The van der Waals surface area contributed by atoms with Crippen LogP contribution in [0, 0.1) is 13.8 Å². The third kappa shape index (κ3) is 1.73. The average molecular weight is 216 g/mol. The fraction of sp³-hybridized carbons (Fsp3) is 0.385. The Balaban J connectivity index is 2.87. The van der Waals surface area contributed by atoms with Gasteiger partial charge in [0.25, 0.3) is 0 Å². The minimum Gasteiger partial charge on any atom is -0.343 e. The van der Waals surface area contributed by atoms with Crippen LogP contribution in [0.4, 0.5) is 0 Å². The van der Waals surface area contributed by atoms with Crippen LogP contribution in [-0.4, -0.2) is 9.97 Å². The largest absolute Gasteiger partial charge is 0.343 e. The van der Waals surface area contributed by atoms with Gasteiger partial charge in [-0.3, -0.25) is 4.79 Å². The van der Waals surface area contributed by atoms with Gasteiger partial charge in [0.2, 0.25) is 0 Å². The Morgan fingerprint density at radius 1 is 1.25 bits per heavy atom. The minimum atomic E-state index is 0.0578.